The minimum Gasteiger partial charge on any atom is -0.465 e. The zero-order valence-corrected chi connectivity index (χ0v) is 13.1. The van der Waals surface area contributed by atoms with Crippen LogP contribution < -0.4 is 0 Å². The zero-order valence-electron chi connectivity index (χ0n) is 12.2. The molecular formula is C14H18FO5P. The highest BCUT2D eigenvalue weighted by molar-refractivity contribution is 7.60. The van der Waals surface area contributed by atoms with E-state index in [1.54, 1.807) is 13.8 Å². The van der Waals surface area contributed by atoms with Crippen LogP contribution in [0, 0.1) is 5.82 Å². The maximum atomic E-state index is 12.9. The largest absolute Gasteiger partial charge is 0.465 e. The van der Waals surface area contributed by atoms with Gasteiger partial charge >= 0.3 is 13.6 Å². The van der Waals surface area contributed by atoms with E-state index in [0.29, 0.717) is 5.56 Å². The quantitative estimate of drug-likeness (QED) is 0.437. The SMILES string of the molecule is CCOP(=O)(OCC)/C(=C/c1ccc(F)cc1)C(=O)OC. The van der Waals surface area contributed by atoms with Crippen LogP contribution >= 0.6 is 7.60 Å². The first-order chi connectivity index (χ1) is 9.96. The first kappa shape index (κ1) is 17.6. The standard InChI is InChI=1S/C14H18FO5P/c1-4-19-21(17,20-5-2)13(14(16)18-3)10-11-6-8-12(15)9-7-11/h6-10H,4-5H2,1-3H3/b13-10+. The van der Waals surface area contributed by atoms with E-state index < -0.39 is 19.4 Å². The topological polar surface area (TPSA) is 61.8 Å². The summed E-state index contributed by atoms with van der Waals surface area (Å²) in [6, 6.07) is 5.35. The number of methoxy groups -OCH3 is 1. The van der Waals surface area contributed by atoms with Crippen LogP contribution in [0.2, 0.25) is 0 Å². The second kappa shape index (κ2) is 8.08. The number of hydrogen-bond acceptors (Lipinski definition) is 5. The van der Waals surface area contributed by atoms with Crippen LogP contribution in [-0.4, -0.2) is 26.3 Å². The number of halogens is 1. The van der Waals surface area contributed by atoms with Gasteiger partial charge in [0, 0.05) is 0 Å². The number of rotatable bonds is 7. The van der Waals surface area contributed by atoms with Gasteiger partial charge in [-0.1, -0.05) is 12.1 Å². The fraction of sp³-hybridized carbons (Fsp3) is 0.357. The summed E-state index contributed by atoms with van der Waals surface area (Å²) in [4.78, 5) is 11.9. The summed E-state index contributed by atoms with van der Waals surface area (Å²) >= 11 is 0. The molecule has 0 aromatic heterocycles. The van der Waals surface area contributed by atoms with Gasteiger partial charge in [-0.25, -0.2) is 9.18 Å². The van der Waals surface area contributed by atoms with Gasteiger partial charge in [0.15, 0.2) is 0 Å². The van der Waals surface area contributed by atoms with Crippen LogP contribution in [0.1, 0.15) is 19.4 Å². The Bertz CT molecular complexity index is 543. The Balaban J connectivity index is 3.29. The number of hydrogen-bond donors (Lipinski definition) is 0. The number of carbonyl (C=O) groups is 1. The Morgan fingerprint density at radius 2 is 1.71 bits per heavy atom. The van der Waals surface area contributed by atoms with Gasteiger partial charge in [0.05, 0.1) is 20.3 Å². The zero-order chi connectivity index (χ0) is 15.9. The van der Waals surface area contributed by atoms with E-state index in [0.717, 1.165) is 0 Å². The molecule has 0 atom stereocenters. The van der Waals surface area contributed by atoms with Crippen molar-refractivity contribution in [2.24, 2.45) is 0 Å². The molecule has 0 radical (unpaired) electrons. The van der Waals surface area contributed by atoms with Crippen LogP contribution in [0.15, 0.2) is 29.6 Å². The second-order valence-corrected chi connectivity index (χ2v) is 5.90. The molecule has 0 N–H and O–H groups in total. The van der Waals surface area contributed by atoms with Gasteiger partial charge in [-0.2, -0.15) is 0 Å². The molecule has 7 heteroatoms. The molecular weight excluding hydrogens is 298 g/mol. The van der Waals surface area contributed by atoms with E-state index in [1.807, 2.05) is 0 Å². The predicted molar refractivity (Wildman–Crippen MR) is 77.3 cm³/mol. The molecule has 21 heavy (non-hydrogen) atoms. The first-order valence-corrected chi connectivity index (χ1v) is 7.96. The lowest BCUT2D eigenvalue weighted by Crippen LogP contribution is -2.09. The highest BCUT2D eigenvalue weighted by atomic mass is 31.2. The summed E-state index contributed by atoms with van der Waals surface area (Å²) in [6.45, 7) is 3.49. The third-order valence-corrected chi connectivity index (χ3v) is 4.56. The fourth-order valence-corrected chi connectivity index (χ4v) is 3.24. The Hall–Kier alpha value is -1.49. The number of esters is 1. The lowest BCUT2D eigenvalue weighted by Gasteiger charge is -2.18. The summed E-state index contributed by atoms with van der Waals surface area (Å²) in [7, 11) is -2.62. The van der Waals surface area contributed by atoms with Crippen molar-refractivity contribution in [2.75, 3.05) is 20.3 Å². The Labute approximate surface area is 123 Å². The first-order valence-electron chi connectivity index (χ1n) is 6.42. The van der Waals surface area contributed by atoms with Crippen LogP contribution in [-0.2, 0) is 23.1 Å². The van der Waals surface area contributed by atoms with Crippen molar-refractivity contribution in [1.82, 2.24) is 0 Å². The Morgan fingerprint density at radius 1 is 1.19 bits per heavy atom. The summed E-state index contributed by atoms with van der Waals surface area (Å²) in [6.07, 6.45) is 1.32. The molecule has 0 unspecified atom stereocenters. The van der Waals surface area contributed by atoms with Crippen LogP contribution in [0.25, 0.3) is 6.08 Å². The summed E-state index contributed by atoms with van der Waals surface area (Å²) in [5.41, 5.74) is 0.483. The van der Waals surface area contributed by atoms with Crippen LogP contribution in [0.3, 0.4) is 0 Å². The molecule has 0 bridgehead atoms. The number of benzene rings is 1. The minimum atomic E-state index is -3.79. The third kappa shape index (κ3) is 4.77. The van der Waals surface area contributed by atoms with Gasteiger partial charge in [0.2, 0.25) is 0 Å². The molecule has 1 rings (SSSR count). The molecule has 0 saturated carbocycles. The monoisotopic (exact) mass is 316 g/mol. The average molecular weight is 316 g/mol. The van der Waals surface area contributed by atoms with Crippen molar-refractivity contribution in [3.8, 4) is 0 Å². The van der Waals surface area contributed by atoms with Crippen molar-refractivity contribution in [3.05, 3.63) is 41.0 Å². The molecule has 1 aromatic rings. The summed E-state index contributed by atoms with van der Waals surface area (Å²) < 4.78 is 40.5. The van der Waals surface area contributed by atoms with Crippen molar-refractivity contribution >= 4 is 19.6 Å². The fourth-order valence-electron chi connectivity index (χ4n) is 1.59. The van der Waals surface area contributed by atoms with Gasteiger partial charge < -0.3 is 13.8 Å². The normalized spacial score (nSPS) is 12.3. The number of ether oxygens (including phenoxy) is 1. The lowest BCUT2D eigenvalue weighted by atomic mass is 10.2. The predicted octanol–water partition coefficient (Wildman–Crippen LogP) is 3.61. The second-order valence-electron chi connectivity index (χ2n) is 3.91. The molecule has 0 spiro atoms. The molecule has 5 nitrogen and oxygen atoms in total. The molecule has 116 valence electrons. The van der Waals surface area contributed by atoms with Crippen LogP contribution in [0.5, 0.6) is 0 Å². The molecule has 0 saturated heterocycles. The van der Waals surface area contributed by atoms with Crippen molar-refractivity contribution in [3.63, 3.8) is 0 Å². The summed E-state index contributed by atoms with van der Waals surface area (Å²) in [5, 5.41) is -0.222. The van der Waals surface area contributed by atoms with E-state index in [1.165, 1.54) is 37.5 Å². The highest BCUT2D eigenvalue weighted by Gasteiger charge is 2.35. The smallest absolute Gasteiger partial charge is 0.368 e. The maximum Gasteiger partial charge on any atom is 0.368 e. The van der Waals surface area contributed by atoms with Gasteiger partial charge in [-0.05, 0) is 37.6 Å². The van der Waals surface area contributed by atoms with Gasteiger partial charge in [-0.15, -0.1) is 0 Å². The van der Waals surface area contributed by atoms with E-state index >= 15 is 0 Å². The van der Waals surface area contributed by atoms with E-state index in [9.17, 15) is 13.8 Å². The molecule has 0 aliphatic carbocycles. The minimum absolute atomic E-state index is 0.106. The van der Waals surface area contributed by atoms with Crippen LogP contribution in [0.4, 0.5) is 4.39 Å². The highest BCUT2D eigenvalue weighted by Crippen LogP contribution is 2.56. The van der Waals surface area contributed by atoms with E-state index in [4.69, 9.17) is 9.05 Å². The van der Waals surface area contributed by atoms with Crippen molar-refractivity contribution in [2.45, 2.75) is 13.8 Å². The maximum absolute atomic E-state index is 12.9. The number of carbonyl (C=O) groups excluding carboxylic acids is 1. The van der Waals surface area contributed by atoms with Crippen molar-refractivity contribution < 1.29 is 27.5 Å². The molecule has 0 aliphatic rings. The molecule has 0 fully saturated rings. The molecule has 1 aromatic carbocycles. The lowest BCUT2D eigenvalue weighted by molar-refractivity contribution is -0.135. The van der Waals surface area contributed by atoms with Gasteiger partial charge in [0.1, 0.15) is 11.1 Å². The average Bonchev–Trinajstić information content (AvgIpc) is 2.46. The summed E-state index contributed by atoms with van der Waals surface area (Å²) in [5.74, 6) is -1.23. The van der Waals surface area contributed by atoms with Crippen molar-refractivity contribution in [1.29, 1.82) is 0 Å². The molecule has 0 heterocycles. The Morgan fingerprint density at radius 3 is 2.14 bits per heavy atom. The van der Waals surface area contributed by atoms with Gasteiger partial charge in [-0.3, -0.25) is 4.57 Å². The third-order valence-electron chi connectivity index (χ3n) is 2.46. The molecule has 0 aliphatic heterocycles. The molecule has 0 amide bonds. The van der Waals surface area contributed by atoms with Gasteiger partial charge in [0.25, 0.3) is 0 Å². The Kier molecular flexibility index (Phi) is 6.75. The van der Waals surface area contributed by atoms with E-state index in [-0.39, 0.29) is 18.5 Å². The van der Waals surface area contributed by atoms with E-state index in [2.05, 4.69) is 4.74 Å².